The zero-order chi connectivity index (χ0) is 19.7. The van der Waals surface area contributed by atoms with Crippen molar-refractivity contribution in [1.82, 2.24) is 14.8 Å². The van der Waals surface area contributed by atoms with E-state index in [1.54, 1.807) is 4.68 Å². The summed E-state index contributed by atoms with van der Waals surface area (Å²) in [6.45, 7) is 0.470. The van der Waals surface area contributed by atoms with Crippen molar-refractivity contribution >= 4 is 10.9 Å². The molecule has 4 nitrogen and oxygen atoms in total. The standard InChI is InChI=1S/C21H18F3N3O/c1-27-17(9-11-28-18-7-4-15-8-10-25-19(15)13-18)12-20(26-27)14-2-5-16(6-3-14)21(22,23)24/h2-8,10,12-13,25H,9,11H2,1H3. The number of H-pyrrole nitrogens is 1. The number of aryl methyl sites for hydroxylation is 1. The molecule has 0 amide bonds. The third kappa shape index (κ3) is 3.74. The number of nitrogens with zero attached hydrogens (tertiary/aromatic N) is 2. The summed E-state index contributed by atoms with van der Waals surface area (Å²) < 4.78 is 45.7. The van der Waals surface area contributed by atoms with Gasteiger partial charge in [0.15, 0.2) is 0 Å². The third-order valence-electron chi connectivity index (χ3n) is 4.64. The van der Waals surface area contributed by atoms with Crippen LogP contribution in [-0.2, 0) is 19.6 Å². The van der Waals surface area contributed by atoms with Crippen molar-refractivity contribution in [2.24, 2.45) is 7.05 Å². The Balaban J connectivity index is 1.42. The van der Waals surface area contributed by atoms with Gasteiger partial charge in [-0.3, -0.25) is 4.68 Å². The molecule has 0 bridgehead atoms. The summed E-state index contributed by atoms with van der Waals surface area (Å²) >= 11 is 0. The Hall–Kier alpha value is -3.22. The minimum absolute atomic E-state index is 0.470. The van der Waals surface area contributed by atoms with Crippen LogP contribution in [-0.4, -0.2) is 21.4 Å². The predicted molar refractivity (Wildman–Crippen MR) is 101 cm³/mol. The molecular weight excluding hydrogens is 367 g/mol. The molecule has 0 fully saturated rings. The Kier molecular flexibility index (Phi) is 4.58. The van der Waals surface area contributed by atoms with Gasteiger partial charge in [-0.25, -0.2) is 0 Å². The van der Waals surface area contributed by atoms with Crippen LogP contribution in [0.15, 0.2) is 60.8 Å². The maximum Gasteiger partial charge on any atom is 0.416 e. The number of hydrogen-bond acceptors (Lipinski definition) is 2. The van der Waals surface area contributed by atoms with Crippen LogP contribution >= 0.6 is 0 Å². The molecule has 0 unspecified atom stereocenters. The van der Waals surface area contributed by atoms with E-state index in [-0.39, 0.29) is 0 Å². The van der Waals surface area contributed by atoms with E-state index in [9.17, 15) is 13.2 Å². The maximum absolute atomic E-state index is 12.7. The Bertz CT molecular complexity index is 1090. The SMILES string of the molecule is Cn1nc(-c2ccc(C(F)(F)F)cc2)cc1CCOc1ccc2cc[nH]c2c1. The monoisotopic (exact) mass is 385 g/mol. The largest absolute Gasteiger partial charge is 0.493 e. The second-order valence-corrected chi connectivity index (χ2v) is 6.54. The van der Waals surface area contributed by atoms with Crippen LogP contribution in [0.1, 0.15) is 11.3 Å². The van der Waals surface area contributed by atoms with Crippen molar-refractivity contribution in [2.75, 3.05) is 6.61 Å². The molecular formula is C21H18F3N3O. The summed E-state index contributed by atoms with van der Waals surface area (Å²) in [7, 11) is 1.81. The van der Waals surface area contributed by atoms with Crippen LogP contribution in [0.4, 0.5) is 13.2 Å². The van der Waals surface area contributed by atoms with E-state index in [0.717, 1.165) is 34.5 Å². The molecule has 0 saturated carbocycles. The molecule has 0 aliphatic heterocycles. The van der Waals surface area contributed by atoms with Gasteiger partial charge in [0.2, 0.25) is 0 Å². The third-order valence-corrected chi connectivity index (χ3v) is 4.64. The number of halogens is 3. The molecule has 0 aliphatic carbocycles. The Morgan fingerprint density at radius 1 is 1.04 bits per heavy atom. The highest BCUT2D eigenvalue weighted by atomic mass is 19.4. The summed E-state index contributed by atoms with van der Waals surface area (Å²) in [5, 5.41) is 5.53. The first-order chi connectivity index (χ1) is 13.4. The van der Waals surface area contributed by atoms with E-state index in [4.69, 9.17) is 4.74 Å². The van der Waals surface area contributed by atoms with Crippen LogP contribution in [0.3, 0.4) is 0 Å². The smallest absolute Gasteiger partial charge is 0.416 e. The van der Waals surface area contributed by atoms with Gasteiger partial charge in [-0.15, -0.1) is 0 Å². The van der Waals surface area contributed by atoms with Crippen LogP contribution < -0.4 is 4.74 Å². The molecule has 4 rings (SSSR count). The lowest BCUT2D eigenvalue weighted by Gasteiger charge is -2.06. The zero-order valence-electron chi connectivity index (χ0n) is 15.1. The average Bonchev–Trinajstić information content (AvgIpc) is 3.27. The average molecular weight is 385 g/mol. The van der Waals surface area contributed by atoms with E-state index < -0.39 is 11.7 Å². The second-order valence-electron chi connectivity index (χ2n) is 6.54. The van der Waals surface area contributed by atoms with Crippen molar-refractivity contribution in [3.8, 4) is 17.0 Å². The fraction of sp³-hybridized carbons (Fsp3) is 0.190. The molecule has 0 atom stereocenters. The number of fused-ring (bicyclic) bond motifs is 1. The minimum atomic E-state index is -4.34. The summed E-state index contributed by atoms with van der Waals surface area (Å²) in [6.07, 6.45) is -1.83. The number of rotatable bonds is 5. The van der Waals surface area contributed by atoms with Gasteiger partial charge >= 0.3 is 6.18 Å². The number of alkyl halides is 3. The first-order valence-corrected chi connectivity index (χ1v) is 8.81. The molecule has 0 spiro atoms. The maximum atomic E-state index is 12.7. The summed E-state index contributed by atoms with van der Waals surface area (Å²) in [6, 6.07) is 14.8. The van der Waals surface area contributed by atoms with Gasteiger partial charge in [0.05, 0.1) is 17.9 Å². The Labute approximate surface area is 159 Å². The molecule has 144 valence electrons. The predicted octanol–water partition coefficient (Wildman–Crippen LogP) is 5.21. The summed E-state index contributed by atoms with van der Waals surface area (Å²) in [4.78, 5) is 3.15. The van der Waals surface area contributed by atoms with Crippen molar-refractivity contribution in [1.29, 1.82) is 0 Å². The Morgan fingerprint density at radius 2 is 1.82 bits per heavy atom. The lowest BCUT2D eigenvalue weighted by molar-refractivity contribution is -0.137. The van der Waals surface area contributed by atoms with Gasteiger partial charge in [0, 0.05) is 42.5 Å². The van der Waals surface area contributed by atoms with Crippen LogP contribution in [0.2, 0.25) is 0 Å². The topological polar surface area (TPSA) is 42.8 Å². The van der Waals surface area contributed by atoms with E-state index in [2.05, 4.69) is 10.1 Å². The van der Waals surface area contributed by atoms with Crippen LogP contribution in [0, 0.1) is 0 Å². The van der Waals surface area contributed by atoms with Gasteiger partial charge < -0.3 is 9.72 Å². The van der Waals surface area contributed by atoms with Gasteiger partial charge in [-0.2, -0.15) is 18.3 Å². The number of nitrogens with one attached hydrogen (secondary N) is 1. The van der Waals surface area contributed by atoms with Crippen molar-refractivity contribution in [3.05, 3.63) is 72.1 Å². The zero-order valence-corrected chi connectivity index (χ0v) is 15.1. The van der Waals surface area contributed by atoms with Crippen molar-refractivity contribution < 1.29 is 17.9 Å². The number of hydrogen-bond donors (Lipinski definition) is 1. The van der Waals surface area contributed by atoms with Crippen LogP contribution in [0.5, 0.6) is 5.75 Å². The van der Waals surface area contributed by atoms with Crippen molar-refractivity contribution in [2.45, 2.75) is 12.6 Å². The molecule has 4 aromatic rings. The van der Waals surface area contributed by atoms with E-state index in [1.807, 2.05) is 43.6 Å². The van der Waals surface area contributed by atoms with Crippen molar-refractivity contribution in [3.63, 3.8) is 0 Å². The fourth-order valence-corrected chi connectivity index (χ4v) is 3.10. The molecule has 2 heterocycles. The molecule has 0 aliphatic rings. The molecule has 7 heteroatoms. The molecule has 2 aromatic carbocycles. The van der Waals surface area contributed by atoms with Gasteiger partial charge in [-0.05, 0) is 41.8 Å². The highest BCUT2D eigenvalue weighted by molar-refractivity contribution is 5.80. The Morgan fingerprint density at radius 3 is 2.57 bits per heavy atom. The first kappa shape index (κ1) is 18.2. The highest BCUT2D eigenvalue weighted by Crippen LogP contribution is 2.31. The number of aromatic nitrogens is 3. The summed E-state index contributed by atoms with van der Waals surface area (Å²) in [5.41, 5.74) is 2.57. The molecule has 2 aromatic heterocycles. The number of benzene rings is 2. The highest BCUT2D eigenvalue weighted by Gasteiger charge is 2.30. The van der Waals surface area contributed by atoms with Crippen LogP contribution in [0.25, 0.3) is 22.2 Å². The lowest BCUT2D eigenvalue weighted by atomic mass is 10.1. The second kappa shape index (κ2) is 7.07. The lowest BCUT2D eigenvalue weighted by Crippen LogP contribution is -2.05. The fourth-order valence-electron chi connectivity index (χ4n) is 3.10. The van der Waals surface area contributed by atoms with E-state index in [0.29, 0.717) is 24.3 Å². The summed E-state index contributed by atoms with van der Waals surface area (Å²) in [5.74, 6) is 0.778. The quantitative estimate of drug-likeness (QED) is 0.513. The van der Waals surface area contributed by atoms with E-state index in [1.165, 1.54) is 12.1 Å². The minimum Gasteiger partial charge on any atom is -0.493 e. The molecule has 28 heavy (non-hydrogen) atoms. The van der Waals surface area contributed by atoms with E-state index >= 15 is 0 Å². The molecule has 1 N–H and O–H groups in total. The number of aromatic amines is 1. The van der Waals surface area contributed by atoms with Gasteiger partial charge in [0.1, 0.15) is 5.75 Å². The van der Waals surface area contributed by atoms with Gasteiger partial charge in [-0.1, -0.05) is 12.1 Å². The molecule has 0 radical (unpaired) electrons. The normalized spacial score (nSPS) is 11.9. The first-order valence-electron chi connectivity index (χ1n) is 8.81. The van der Waals surface area contributed by atoms with Gasteiger partial charge in [0.25, 0.3) is 0 Å². The molecule has 0 saturated heterocycles. The number of ether oxygens (including phenoxy) is 1.